The first-order chi connectivity index (χ1) is 62.4. The highest BCUT2D eigenvalue weighted by Gasteiger charge is 2.46. The summed E-state index contributed by atoms with van der Waals surface area (Å²) >= 11 is 0. The van der Waals surface area contributed by atoms with Crippen molar-refractivity contribution >= 4 is 124 Å². The summed E-state index contributed by atoms with van der Waals surface area (Å²) < 4.78 is 0. The van der Waals surface area contributed by atoms with Crippen LogP contribution in [0.15, 0.2) is 42.9 Å². The summed E-state index contributed by atoms with van der Waals surface area (Å²) in [6.45, 7) is 13.1. The van der Waals surface area contributed by atoms with Crippen molar-refractivity contribution in [1.29, 1.82) is 5.41 Å². The number of carbonyl (C=O) groups excluding carboxylic acids is 18. The molecule has 47 nitrogen and oxygen atoms in total. The number of aromatic amines is 1. The molecule has 47 heteroatoms. The molecule has 0 unspecified atom stereocenters. The number of nitrogens with one attached hydrogen (secondary N) is 17. The number of likely N-dealkylation sites (tertiary alicyclic amines) is 3. The first-order valence-electron chi connectivity index (χ1n) is 44.6. The maximum Gasteiger partial charge on any atom is 0.326 e. The van der Waals surface area contributed by atoms with Crippen molar-refractivity contribution in [3.63, 3.8) is 0 Å². The number of benzene rings is 1. The largest absolute Gasteiger partial charge is 0.481 e. The van der Waals surface area contributed by atoms with Gasteiger partial charge < -0.3 is 132 Å². The fourth-order valence-electron chi connectivity index (χ4n) is 15.1. The number of aromatic nitrogens is 2. The van der Waals surface area contributed by atoms with E-state index in [2.05, 4.69) is 89.7 Å². The number of nitrogens with two attached hydrogens (primary N) is 3. The monoisotopic (exact) mass is 1860 g/mol. The Hall–Kier alpha value is -13.0. The van der Waals surface area contributed by atoms with E-state index in [1.807, 2.05) is 0 Å². The van der Waals surface area contributed by atoms with Gasteiger partial charge in [-0.25, -0.2) is 9.78 Å². The third kappa shape index (κ3) is 35.7. The summed E-state index contributed by atoms with van der Waals surface area (Å²) in [5.74, 6) is -20.6. The molecule has 18 amide bonds. The number of carbonyl (C=O) groups is 20. The number of hydrogen-bond acceptors (Lipinski definition) is 24. The Labute approximate surface area is 764 Å². The lowest BCUT2D eigenvalue weighted by atomic mass is 9.96. The number of H-pyrrole nitrogens is 1. The summed E-state index contributed by atoms with van der Waals surface area (Å²) in [5.41, 5.74) is 18.2. The fraction of sp³-hybridized carbons (Fsp3) is 0.647. The van der Waals surface area contributed by atoms with Crippen molar-refractivity contribution in [3.8, 4) is 0 Å². The molecule has 2 aromatic rings. The summed E-state index contributed by atoms with van der Waals surface area (Å²) in [7, 11) is 0. The maximum absolute atomic E-state index is 14.7. The highest BCUT2D eigenvalue weighted by atomic mass is 16.4. The Bertz CT molecular complexity index is 4350. The Kier molecular flexibility index (Phi) is 45.3. The van der Waals surface area contributed by atoms with Crippen molar-refractivity contribution in [2.24, 2.45) is 46.8 Å². The smallest absolute Gasteiger partial charge is 0.326 e. The van der Waals surface area contributed by atoms with Gasteiger partial charge in [0.1, 0.15) is 78.5 Å². The van der Waals surface area contributed by atoms with Crippen LogP contribution in [0.3, 0.4) is 0 Å². The SMILES string of the molecule is CC[C@H](C)[C@H](NC(=O)[C@H](CCC(=O)O)NC(=O)CNC(=O)[C@H](CC(C)C)NC(=O)CNC(=O)[C@@H]1CCCN1C(=O)[C@@H](NC(=O)[C@@H]1CCCN1C(=O)[C@H](CC(N)=O)NC(=O)CNC(=O)[C@H](Cc1ccccc1)NC(=O)[C@@H]1CCCN1C(=O)[C@H](CO)NC(=O)[C@H](CCCNC(=N)N)NC(=O)[C@H](Cc1cnc[nH]1)NC(=O)[C@@H](N)C(C)C)[C@@H](C)CC)C(=O)NCC(=O)N[C@@H](CC(C)C)C(=O)O. The number of amides is 18. The molecule has 132 heavy (non-hydrogen) atoms. The van der Waals surface area contributed by atoms with Crippen molar-refractivity contribution in [2.45, 2.75) is 263 Å². The van der Waals surface area contributed by atoms with Gasteiger partial charge in [0.2, 0.25) is 106 Å². The molecule has 0 bridgehead atoms. The van der Waals surface area contributed by atoms with Crippen LogP contribution >= 0.6 is 0 Å². The number of aliphatic hydroxyl groups excluding tert-OH is 1. The Morgan fingerprint density at radius 2 is 0.924 bits per heavy atom. The standard InChI is InChI=1S/C85H134N24O23/c1-11-47(9)69(80(127)95-41-66(115)100-57(84(131)132)33-45(5)6)105-74(121)52(26-27-67(116)117)97-63(112)38-92-71(118)53(32-44(3)4)98-64(113)40-94-76(123)59-23-17-31-109(59)83(130)70(48(10)12-2)106-78(125)61-25-19-29-107(61)81(128)56(36-62(86)111)99-65(114)39-93-72(119)54(34-49-20-14-13-15-21-49)102-77(124)60-24-18-30-108(60)82(129)58(42-110)104-73(120)51(22-16-28-91-85(88)89)101-75(122)55(35-50-37-90-43-96-50)103-79(126)68(87)46(7)8/h13-15,20-21,37,43-48,51-61,68-70,110H,11-12,16-19,22-36,38-42,87H2,1-10H3,(H2,86,111)(H,90,96)(H,92,118)(H,93,119)(H,94,123)(H,95,127)(H,97,112)(H,98,113)(H,99,114)(H,100,115)(H,101,122)(H,102,124)(H,103,126)(H,104,120)(H,105,121)(H,106,125)(H,116,117)(H,131,132)(H4,88,89,91)/t47-,48-,51-,52-,53-,54-,55-,56-,57-,58-,59-,60-,61-,68-,69-,70-/m0/s1. The second-order valence-corrected chi connectivity index (χ2v) is 34.5. The lowest BCUT2D eigenvalue weighted by molar-refractivity contribution is -0.145. The zero-order valence-corrected chi connectivity index (χ0v) is 76.4. The molecule has 3 saturated heterocycles. The van der Waals surface area contributed by atoms with Crippen molar-refractivity contribution in [3.05, 3.63) is 54.1 Å². The summed E-state index contributed by atoms with van der Waals surface area (Å²) in [6, 6.07) is -10.8. The van der Waals surface area contributed by atoms with Gasteiger partial charge in [0.15, 0.2) is 5.96 Å². The molecule has 0 aliphatic carbocycles. The Morgan fingerprint density at radius 1 is 0.477 bits per heavy atom. The molecule has 16 atom stereocenters. The molecular weight excluding hydrogens is 1730 g/mol. The normalized spacial score (nSPS) is 17.6. The molecule has 3 aliphatic rings. The van der Waals surface area contributed by atoms with Gasteiger partial charge in [-0.2, -0.15) is 0 Å². The zero-order valence-electron chi connectivity index (χ0n) is 76.4. The van der Waals surface area contributed by atoms with Crippen LogP contribution in [0.5, 0.6) is 0 Å². The van der Waals surface area contributed by atoms with Gasteiger partial charge in [-0.3, -0.25) is 96.5 Å². The van der Waals surface area contributed by atoms with E-state index < -0.39 is 267 Å². The molecule has 0 radical (unpaired) electrons. The third-order valence-electron chi connectivity index (χ3n) is 22.8. The number of guanidine groups is 1. The van der Waals surface area contributed by atoms with E-state index in [4.69, 9.17) is 22.6 Å². The van der Waals surface area contributed by atoms with E-state index in [1.54, 1.807) is 99.6 Å². The number of carboxylic acids is 2. The number of aliphatic hydroxyl groups is 1. The number of hydrogen-bond donors (Lipinski definition) is 23. The van der Waals surface area contributed by atoms with Gasteiger partial charge in [-0.05, 0) is 106 Å². The van der Waals surface area contributed by atoms with Crippen LogP contribution in [0.1, 0.15) is 177 Å². The van der Waals surface area contributed by atoms with E-state index in [0.29, 0.717) is 30.5 Å². The van der Waals surface area contributed by atoms with E-state index in [-0.39, 0.29) is 121 Å². The number of primary amides is 1. The highest BCUT2D eigenvalue weighted by molar-refractivity contribution is 6.02. The summed E-state index contributed by atoms with van der Waals surface area (Å²) in [5, 5.41) is 75.0. The van der Waals surface area contributed by atoms with E-state index in [9.17, 15) is 111 Å². The molecule has 5 rings (SSSR count). The molecular formula is C85H134N24O23. The van der Waals surface area contributed by atoms with Gasteiger partial charge in [0, 0.05) is 57.3 Å². The van der Waals surface area contributed by atoms with Crippen molar-refractivity contribution in [1.82, 2.24) is 104 Å². The predicted molar refractivity (Wildman–Crippen MR) is 473 cm³/mol. The van der Waals surface area contributed by atoms with Crippen LogP contribution in [0, 0.1) is 35.0 Å². The number of rotatable bonds is 55. The van der Waals surface area contributed by atoms with E-state index >= 15 is 0 Å². The second kappa shape index (κ2) is 54.6. The van der Waals surface area contributed by atoms with E-state index in [0.717, 1.165) is 9.80 Å². The van der Waals surface area contributed by atoms with Crippen LogP contribution in [-0.2, 0) is 109 Å². The minimum atomic E-state index is -1.72. The molecule has 0 saturated carbocycles. The topological polar surface area (TPSA) is 723 Å². The quantitative estimate of drug-likeness (QED) is 0.0166. The highest BCUT2D eigenvalue weighted by Crippen LogP contribution is 2.26. The number of nitrogens with zero attached hydrogens (tertiary/aromatic N) is 4. The number of imidazole rings is 1. The van der Waals surface area contributed by atoms with Crippen LogP contribution in [0.25, 0.3) is 0 Å². The first-order valence-corrected chi connectivity index (χ1v) is 44.6. The lowest BCUT2D eigenvalue weighted by Gasteiger charge is -2.33. The molecule has 1 aromatic carbocycles. The molecule has 3 fully saturated rings. The molecule has 3 aliphatic heterocycles. The molecule has 1 aromatic heterocycles. The predicted octanol–water partition coefficient (Wildman–Crippen LogP) is -6.27. The minimum absolute atomic E-state index is 0.00551. The Balaban J connectivity index is 1.20. The van der Waals surface area contributed by atoms with Crippen LogP contribution < -0.4 is 97.0 Å². The third-order valence-corrected chi connectivity index (χ3v) is 22.8. The summed E-state index contributed by atoms with van der Waals surface area (Å²) in [6.07, 6.45) is 2.34. The van der Waals surface area contributed by atoms with Crippen LogP contribution in [0.2, 0.25) is 0 Å². The average Bonchev–Trinajstić information content (AvgIpc) is 1.65. The van der Waals surface area contributed by atoms with Gasteiger partial charge in [0.25, 0.3) is 0 Å². The number of carboxylic acid groups (broad SMARTS) is 2. The lowest BCUT2D eigenvalue weighted by Crippen LogP contribution is -2.60. The fourth-order valence-corrected chi connectivity index (χ4v) is 15.1. The average molecular weight is 1860 g/mol. The van der Waals surface area contributed by atoms with E-state index in [1.165, 1.54) is 17.4 Å². The van der Waals surface area contributed by atoms with Gasteiger partial charge >= 0.3 is 11.9 Å². The molecule has 4 heterocycles. The second-order valence-electron chi connectivity index (χ2n) is 34.5. The van der Waals surface area contributed by atoms with Crippen molar-refractivity contribution < 1.29 is 111 Å². The van der Waals surface area contributed by atoms with Gasteiger partial charge in [-0.15, -0.1) is 0 Å². The first kappa shape index (κ1) is 110. The van der Waals surface area contributed by atoms with Gasteiger partial charge in [0.05, 0.1) is 51.6 Å². The number of aliphatic carboxylic acids is 2. The zero-order chi connectivity index (χ0) is 98.3. The van der Waals surface area contributed by atoms with Crippen LogP contribution in [0.4, 0.5) is 0 Å². The Morgan fingerprint density at radius 3 is 1.43 bits per heavy atom. The molecule has 26 N–H and O–H groups in total. The molecule has 0 spiro atoms. The van der Waals surface area contributed by atoms with Crippen LogP contribution in [-0.4, -0.2) is 308 Å². The minimum Gasteiger partial charge on any atom is -0.481 e. The van der Waals surface area contributed by atoms with Crippen molar-refractivity contribution in [2.75, 3.05) is 59.0 Å². The maximum atomic E-state index is 14.7. The summed E-state index contributed by atoms with van der Waals surface area (Å²) in [4.78, 5) is 283. The van der Waals surface area contributed by atoms with Gasteiger partial charge in [-0.1, -0.05) is 112 Å². The molecule has 732 valence electrons.